The summed E-state index contributed by atoms with van der Waals surface area (Å²) in [5.41, 5.74) is 0.997. The molecule has 0 bridgehead atoms. The fourth-order valence-electron chi connectivity index (χ4n) is 1.43. The summed E-state index contributed by atoms with van der Waals surface area (Å²) in [5.74, 6) is 0.271. The topological polar surface area (TPSA) is 29.1 Å². The number of halogens is 1. The van der Waals surface area contributed by atoms with Crippen LogP contribution in [0.4, 0.5) is 0 Å². The Hall–Kier alpha value is -0.860. The lowest BCUT2D eigenvalue weighted by atomic mass is 10.1. The third-order valence-corrected chi connectivity index (χ3v) is 2.41. The predicted octanol–water partition coefficient (Wildman–Crippen LogP) is 2.45. The monoisotopic (exact) mass is 225 g/mol. The second-order valence-corrected chi connectivity index (χ2v) is 3.99. The average Bonchev–Trinajstić information content (AvgIpc) is 2.18. The Bertz CT molecular complexity index is 325. The highest BCUT2D eigenvalue weighted by Gasteiger charge is 2.03. The summed E-state index contributed by atoms with van der Waals surface area (Å²) in [6, 6.07) is 7.47. The molecule has 0 amide bonds. The number of ketones is 1. The van der Waals surface area contributed by atoms with Crippen molar-refractivity contribution >= 4 is 17.4 Å². The van der Waals surface area contributed by atoms with E-state index in [0.717, 1.165) is 18.5 Å². The van der Waals surface area contributed by atoms with E-state index in [-0.39, 0.29) is 5.78 Å². The van der Waals surface area contributed by atoms with Gasteiger partial charge in [-0.1, -0.05) is 23.7 Å². The lowest BCUT2D eigenvalue weighted by molar-refractivity contribution is -0.118. The summed E-state index contributed by atoms with van der Waals surface area (Å²) in [6.45, 7) is 0.890. The summed E-state index contributed by atoms with van der Waals surface area (Å²) < 4.78 is 0. The highest BCUT2D eigenvalue weighted by molar-refractivity contribution is 6.30. The van der Waals surface area contributed by atoms with Gasteiger partial charge in [0.1, 0.15) is 5.78 Å². The first kappa shape index (κ1) is 12.2. The van der Waals surface area contributed by atoms with E-state index >= 15 is 0 Å². The highest BCUT2D eigenvalue weighted by atomic mass is 35.5. The summed E-state index contributed by atoms with van der Waals surface area (Å²) >= 11 is 5.83. The lowest BCUT2D eigenvalue weighted by Gasteiger charge is -2.01. The van der Waals surface area contributed by atoms with Crippen molar-refractivity contribution in [3.8, 4) is 0 Å². The minimum Gasteiger partial charge on any atom is -0.320 e. The van der Waals surface area contributed by atoms with Crippen molar-refractivity contribution in [3.63, 3.8) is 0 Å². The predicted molar refractivity (Wildman–Crippen MR) is 63.3 cm³/mol. The van der Waals surface area contributed by atoms with Crippen LogP contribution in [0.2, 0.25) is 5.02 Å². The average molecular weight is 226 g/mol. The number of rotatable bonds is 6. The molecule has 1 aromatic rings. The molecule has 82 valence electrons. The minimum atomic E-state index is 0.271. The van der Waals surface area contributed by atoms with Crippen LogP contribution in [0, 0.1) is 0 Å². The number of nitrogens with one attached hydrogen (secondary N) is 1. The summed E-state index contributed by atoms with van der Waals surface area (Å²) in [4.78, 5) is 11.5. The van der Waals surface area contributed by atoms with Gasteiger partial charge in [0.15, 0.2) is 0 Å². The second kappa shape index (κ2) is 6.59. The first-order valence-corrected chi connectivity index (χ1v) is 5.51. The maximum Gasteiger partial charge on any atom is 0.137 e. The highest BCUT2D eigenvalue weighted by Crippen LogP contribution is 2.11. The maximum absolute atomic E-state index is 11.5. The van der Waals surface area contributed by atoms with E-state index in [1.165, 1.54) is 0 Å². The largest absolute Gasteiger partial charge is 0.320 e. The number of hydrogen-bond donors (Lipinski definition) is 1. The first-order valence-electron chi connectivity index (χ1n) is 5.13. The van der Waals surface area contributed by atoms with E-state index in [9.17, 15) is 4.79 Å². The van der Waals surface area contributed by atoms with E-state index < -0.39 is 0 Å². The fourth-order valence-corrected chi connectivity index (χ4v) is 1.64. The van der Waals surface area contributed by atoms with Crippen molar-refractivity contribution < 1.29 is 4.79 Å². The Labute approximate surface area is 95.6 Å². The van der Waals surface area contributed by atoms with Crippen LogP contribution in [0.1, 0.15) is 18.4 Å². The molecule has 3 heteroatoms. The van der Waals surface area contributed by atoms with Crippen LogP contribution in [0.5, 0.6) is 0 Å². The number of carbonyl (C=O) groups excluding carboxylic acids is 1. The zero-order valence-electron chi connectivity index (χ0n) is 8.92. The van der Waals surface area contributed by atoms with Gasteiger partial charge in [0.05, 0.1) is 0 Å². The molecule has 0 fully saturated rings. The molecule has 0 aliphatic heterocycles. The number of benzene rings is 1. The van der Waals surface area contributed by atoms with Crippen molar-refractivity contribution in [2.75, 3.05) is 13.6 Å². The van der Waals surface area contributed by atoms with Crippen molar-refractivity contribution in [1.82, 2.24) is 5.32 Å². The number of carbonyl (C=O) groups is 1. The molecule has 2 nitrogen and oxygen atoms in total. The SMILES string of the molecule is CNCCCC(=O)Cc1cccc(Cl)c1. The van der Waals surface area contributed by atoms with Gasteiger partial charge in [-0.25, -0.2) is 0 Å². The van der Waals surface area contributed by atoms with Gasteiger partial charge in [-0.2, -0.15) is 0 Å². The number of Topliss-reactive ketones (excluding diaryl/α,β-unsaturated/α-hetero) is 1. The maximum atomic E-state index is 11.5. The smallest absolute Gasteiger partial charge is 0.137 e. The Balaban J connectivity index is 2.37. The lowest BCUT2D eigenvalue weighted by Crippen LogP contribution is -2.11. The summed E-state index contributed by atoms with van der Waals surface area (Å²) in [5, 5.41) is 3.71. The standard InChI is InChI=1S/C12H16ClNO/c1-14-7-3-6-12(15)9-10-4-2-5-11(13)8-10/h2,4-5,8,14H,3,6-7,9H2,1H3. The van der Waals surface area contributed by atoms with E-state index in [1.807, 2.05) is 31.3 Å². The van der Waals surface area contributed by atoms with Crippen LogP contribution in [-0.4, -0.2) is 19.4 Å². The molecule has 0 radical (unpaired) electrons. The van der Waals surface area contributed by atoms with Gasteiger partial charge in [-0.15, -0.1) is 0 Å². The van der Waals surface area contributed by atoms with Crippen molar-refractivity contribution in [2.24, 2.45) is 0 Å². The van der Waals surface area contributed by atoms with Crippen LogP contribution in [0.15, 0.2) is 24.3 Å². The minimum absolute atomic E-state index is 0.271. The molecule has 15 heavy (non-hydrogen) atoms. The second-order valence-electron chi connectivity index (χ2n) is 3.55. The Morgan fingerprint density at radius 3 is 2.93 bits per heavy atom. The Morgan fingerprint density at radius 2 is 2.27 bits per heavy atom. The van der Waals surface area contributed by atoms with Crippen LogP contribution in [0.25, 0.3) is 0 Å². The molecular formula is C12H16ClNO. The van der Waals surface area contributed by atoms with Crippen LogP contribution >= 0.6 is 11.6 Å². The molecule has 1 aromatic carbocycles. The Morgan fingerprint density at radius 1 is 1.47 bits per heavy atom. The molecule has 1 N–H and O–H groups in total. The fraction of sp³-hybridized carbons (Fsp3) is 0.417. The van der Waals surface area contributed by atoms with Gasteiger partial charge in [-0.05, 0) is 37.7 Å². The van der Waals surface area contributed by atoms with Gasteiger partial charge >= 0.3 is 0 Å². The molecule has 1 rings (SSSR count). The van der Waals surface area contributed by atoms with E-state index in [4.69, 9.17) is 11.6 Å². The van der Waals surface area contributed by atoms with Gasteiger partial charge in [0.2, 0.25) is 0 Å². The molecule has 0 aliphatic carbocycles. The third kappa shape index (κ3) is 4.96. The molecule has 0 saturated carbocycles. The quantitative estimate of drug-likeness (QED) is 0.754. The molecule has 0 heterocycles. The molecular weight excluding hydrogens is 210 g/mol. The normalized spacial score (nSPS) is 10.3. The van der Waals surface area contributed by atoms with Crippen molar-refractivity contribution in [1.29, 1.82) is 0 Å². The van der Waals surface area contributed by atoms with Crippen LogP contribution < -0.4 is 5.32 Å². The van der Waals surface area contributed by atoms with Gasteiger partial charge in [0, 0.05) is 17.9 Å². The van der Waals surface area contributed by atoms with Crippen molar-refractivity contribution in [3.05, 3.63) is 34.9 Å². The van der Waals surface area contributed by atoms with E-state index in [1.54, 1.807) is 0 Å². The van der Waals surface area contributed by atoms with Gasteiger partial charge in [-0.3, -0.25) is 4.79 Å². The van der Waals surface area contributed by atoms with Gasteiger partial charge < -0.3 is 5.32 Å². The van der Waals surface area contributed by atoms with E-state index in [2.05, 4.69) is 5.32 Å². The molecule has 0 unspecified atom stereocenters. The summed E-state index contributed by atoms with van der Waals surface area (Å²) in [7, 11) is 1.89. The van der Waals surface area contributed by atoms with Crippen LogP contribution in [0.3, 0.4) is 0 Å². The summed E-state index contributed by atoms with van der Waals surface area (Å²) in [6.07, 6.45) is 2.02. The van der Waals surface area contributed by atoms with Gasteiger partial charge in [0.25, 0.3) is 0 Å². The Kier molecular flexibility index (Phi) is 5.37. The third-order valence-electron chi connectivity index (χ3n) is 2.17. The zero-order valence-corrected chi connectivity index (χ0v) is 9.68. The van der Waals surface area contributed by atoms with Crippen LogP contribution in [-0.2, 0) is 11.2 Å². The molecule has 0 aromatic heterocycles. The number of hydrogen-bond acceptors (Lipinski definition) is 2. The molecule has 0 aliphatic rings. The zero-order chi connectivity index (χ0) is 11.1. The molecule has 0 atom stereocenters. The van der Waals surface area contributed by atoms with E-state index in [0.29, 0.717) is 17.9 Å². The first-order chi connectivity index (χ1) is 7.22. The van der Waals surface area contributed by atoms with Crippen molar-refractivity contribution in [2.45, 2.75) is 19.3 Å². The molecule has 0 saturated heterocycles. The molecule has 0 spiro atoms.